The second-order valence-electron chi connectivity index (χ2n) is 8.19. The molecule has 0 aliphatic carbocycles. The van der Waals surface area contributed by atoms with Crippen molar-refractivity contribution in [1.29, 1.82) is 0 Å². The zero-order chi connectivity index (χ0) is 22.7. The summed E-state index contributed by atoms with van der Waals surface area (Å²) in [6.07, 6.45) is 0.999. The minimum absolute atomic E-state index is 0.0536. The zero-order valence-corrected chi connectivity index (χ0v) is 19.5. The first-order chi connectivity index (χ1) is 15.3. The molecule has 32 heavy (non-hydrogen) atoms. The van der Waals surface area contributed by atoms with Gasteiger partial charge in [0.1, 0.15) is 13.2 Å². The predicted molar refractivity (Wildman–Crippen MR) is 122 cm³/mol. The Morgan fingerprint density at radius 3 is 2.44 bits per heavy atom. The Labute approximate surface area is 193 Å². The van der Waals surface area contributed by atoms with Gasteiger partial charge in [-0.2, -0.15) is 0 Å². The van der Waals surface area contributed by atoms with Crippen LogP contribution in [0.2, 0.25) is 5.02 Å². The van der Waals surface area contributed by atoms with Crippen LogP contribution in [-0.2, 0) is 20.6 Å². The summed E-state index contributed by atoms with van der Waals surface area (Å²) in [6.45, 7) is 3.65. The first-order valence-electron chi connectivity index (χ1n) is 10.7. The van der Waals surface area contributed by atoms with E-state index in [0.717, 1.165) is 5.56 Å². The van der Waals surface area contributed by atoms with Crippen LogP contribution in [0, 0.1) is 5.92 Å². The number of rotatable bonds is 6. The Morgan fingerprint density at radius 1 is 1.09 bits per heavy atom. The maximum absolute atomic E-state index is 12.8. The summed E-state index contributed by atoms with van der Waals surface area (Å²) in [5.74, 6) is 1.07. The van der Waals surface area contributed by atoms with E-state index in [0.29, 0.717) is 61.2 Å². The third-order valence-electron chi connectivity index (χ3n) is 5.91. The average molecular weight is 479 g/mol. The summed E-state index contributed by atoms with van der Waals surface area (Å²) in [5, 5.41) is 3.63. The molecule has 2 aromatic carbocycles. The Bertz CT molecular complexity index is 1070. The van der Waals surface area contributed by atoms with Crippen LogP contribution < -0.4 is 14.8 Å². The van der Waals surface area contributed by atoms with Gasteiger partial charge in [-0.3, -0.25) is 4.79 Å². The SMILES string of the molecule is C[C@H](NC(=O)C1CCN(S(=O)(=O)Cc2ccc(Cl)cc2)CC1)c1ccc2c(c1)OCCO2. The fraction of sp³-hybridized carbons (Fsp3) is 0.435. The molecule has 2 heterocycles. The highest BCUT2D eigenvalue weighted by molar-refractivity contribution is 7.88. The van der Waals surface area contributed by atoms with Gasteiger partial charge in [0, 0.05) is 24.0 Å². The minimum Gasteiger partial charge on any atom is -0.486 e. The van der Waals surface area contributed by atoms with E-state index in [1.54, 1.807) is 24.3 Å². The van der Waals surface area contributed by atoms with Gasteiger partial charge in [0.15, 0.2) is 11.5 Å². The van der Waals surface area contributed by atoms with Crippen LogP contribution in [0.5, 0.6) is 11.5 Å². The van der Waals surface area contributed by atoms with Crippen LogP contribution in [0.15, 0.2) is 42.5 Å². The maximum Gasteiger partial charge on any atom is 0.223 e. The van der Waals surface area contributed by atoms with Gasteiger partial charge in [0.25, 0.3) is 0 Å². The van der Waals surface area contributed by atoms with Crippen LogP contribution in [-0.4, -0.2) is 44.9 Å². The summed E-state index contributed by atoms with van der Waals surface area (Å²) < 4.78 is 38.2. The second kappa shape index (κ2) is 9.68. The maximum atomic E-state index is 12.8. The topological polar surface area (TPSA) is 84.9 Å². The molecule has 0 bridgehead atoms. The molecule has 2 aliphatic rings. The van der Waals surface area contributed by atoms with E-state index in [4.69, 9.17) is 21.1 Å². The Morgan fingerprint density at radius 2 is 1.75 bits per heavy atom. The van der Waals surface area contributed by atoms with Gasteiger partial charge in [-0.25, -0.2) is 12.7 Å². The third-order valence-corrected chi connectivity index (χ3v) is 8.01. The lowest BCUT2D eigenvalue weighted by atomic mass is 9.96. The summed E-state index contributed by atoms with van der Waals surface area (Å²) in [4.78, 5) is 12.8. The molecule has 1 N–H and O–H groups in total. The number of amides is 1. The Kier molecular flexibility index (Phi) is 6.93. The first kappa shape index (κ1) is 22.9. The molecule has 9 heteroatoms. The number of hydrogen-bond acceptors (Lipinski definition) is 5. The van der Waals surface area contributed by atoms with E-state index in [1.165, 1.54) is 4.31 Å². The van der Waals surface area contributed by atoms with Gasteiger partial charge < -0.3 is 14.8 Å². The van der Waals surface area contributed by atoms with E-state index in [2.05, 4.69) is 5.32 Å². The van der Waals surface area contributed by atoms with Crippen molar-refractivity contribution in [2.75, 3.05) is 26.3 Å². The molecule has 0 unspecified atom stereocenters. The first-order valence-corrected chi connectivity index (χ1v) is 12.7. The van der Waals surface area contributed by atoms with Crippen LogP contribution in [0.1, 0.15) is 36.9 Å². The number of ether oxygens (including phenoxy) is 2. The van der Waals surface area contributed by atoms with Gasteiger partial charge in [0.2, 0.25) is 15.9 Å². The normalized spacial score (nSPS) is 18.2. The number of sulfonamides is 1. The fourth-order valence-electron chi connectivity index (χ4n) is 4.02. The number of nitrogens with one attached hydrogen (secondary N) is 1. The fourth-order valence-corrected chi connectivity index (χ4v) is 5.71. The zero-order valence-electron chi connectivity index (χ0n) is 17.9. The molecule has 172 valence electrons. The van der Waals surface area contributed by atoms with Gasteiger partial charge in [-0.15, -0.1) is 0 Å². The molecule has 4 rings (SSSR count). The van der Waals surface area contributed by atoms with Crippen molar-refractivity contribution in [3.8, 4) is 11.5 Å². The molecular formula is C23H27ClN2O5S. The van der Waals surface area contributed by atoms with Crippen LogP contribution in [0.25, 0.3) is 0 Å². The predicted octanol–water partition coefficient (Wildman–Crippen LogP) is 3.53. The number of nitrogens with zero attached hydrogens (tertiary/aromatic N) is 1. The number of hydrogen-bond donors (Lipinski definition) is 1. The molecule has 1 fully saturated rings. The van der Waals surface area contributed by atoms with Gasteiger partial charge in [-0.1, -0.05) is 29.8 Å². The van der Waals surface area contributed by atoms with Crippen molar-refractivity contribution < 1.29 is 22.7 Å². The quantitative estimate of drug-likeness (QED) is 0.686. The number of carbonyl (C=O) groups excluding carboxylic acids is 1. The van der Waals surface area contributed by atoms with Crippen molar-refractivity contribution in [2.24, 2.45) is 5.92 Å². The third kappa shape index (κ3) is 5.36. The molecule has 1 saturated heterocycles. The molecule has 1 atom stereocenters. The van der Waals surface area contributed by atoms with E-state index in [9.17, 15) is 13.2 Å². The number of benzene rings is 2. The lowest BCUT2D eigenvalue weighted by Gasteiger charge is -2.31. The van der Waals surface area contributed by atoms with Crippen molar-refractivity contribution in [2.45, 2.75) is 31.6 Å². The van der Waals surface area contributed by atoms with Crippen LogP contribution >= 0.6 is 11.6 Å². The highest BCUT2D eigenvalue weighted by Gasteiger charge is 2.31. The monoisotopic (exact) mass is 478 g/mol. The molecule has 1 amide bonds. The summed E-state index contributed by atoms with van der Waals surface area (Å²) >= 11 is 5.87. The molecule has 0 spiro atoms. The number of halogens is 1. The van der Waals surface area contributed by atoms with Gasteiger partial charge >= 0.3 is 0 Å². The van der Waals surface area contributed by atoms with Crippen LogP contribution in [0.3, 0.4) is 0 Å². The van der Waals surface area contributed by atoms with Crippen molar-refractivity contribution >= 4 is 27.5 Å². The summed E-state index contributed by atoms with van der Waals surface area (Å²) in [6, 6.07) is 12.3. The van der Waals surface area contributed by atoms with E-state index in [-0.39, 0.29) is 23.6 Å². The van der Waals surface area contributed by atoms with Crippen molar-refractivity contribution in [1.82, 2.24) is 9.62 Å². The molecule has 0 aromatic heterocycles. The number of piperidine rings is 1. The van der Waals surface area contributed by atoms with E-state index >= 15 is 0 Å². The molecule has 0 radical (unpaired) electrons. The highest BCUT2D eigenvalue weighted by Crippen LogP contribution is 2.33. The number of fused-ring (bicyclic) bond motifs is 1. The largest absolute Gasteiger partial charge is 0.486 e. The summed E-state index contributed by atoms with van der Waals surface area (Å²) in [7, 11) is -3.44. The molecule has 7 nitrogen and oxygen atoms in total. The van der Waals surface area contributed by atoms with Crippen molar-refractivity contribution in [3.63, 3.8) is 0 Å². The standard InChI is InChI=1S/C23H27ClN2O5S/c1-16(19-4-7-21-22(14-19)31-13-12-30-21)25-23(27)18-8-10-26(11-9-18)32(28,29)15-17-2-5-20(24)6-3-17/h2-7,14,16,18H,8-13,15H2,1H3,(H,25,27)/t16-/m0/s1. The number of carbonyl (C=O) groups is 1. The molecule has 0 saturated carbocycles. The minimum atomic E-state index is -3.44. The Balaban J connectivity index is 1.30. The van der Waals surface area contributed by atoms with Gasteiger partial charge in [-0.05, 0) is 55.2 Å². The van der Waals surface area contributed by atoms with Gasteiger partial charge in [0.05, 0.1) is 11.8 Å². The average Bonchev–Trinajstić information content (AvgIpc) is 2.80. The summed E-state index contributed by atoms with van der Waals surface area (Å²) in [5.41, 5.74) is 1.63. The van der Waals surface area contributed by atoms with E-state index < -0.39 is 10.0 Å². The van der Waals surface area contributed by atoms with Crippen LogP contribution in [0.4, 0.5) is 0 Å². The highest BCUT2D eigenvalue weighted by atomic mass is 35.5. The molecular weight excluding hydrogens is 452 g/mol. The van der Waals surface area contributed by atoms with Crippen molar-refractivity contribution in [3.05, 3.63) is 58.6 Å². The molecule has 2 aliphatic heterocycles. The molecule has 2 aromatic rings. The lowest BCUT2D eigenvalue weighted by Crippen LogP contribution is -2.43. The smallest absolute Gasteiger partial charge is 0.223 e. The second-order valence-corrected chi connectivity index (χ2v) is 10.6. The Hall–Kier alpha value is -2.29. The lowest BCUT2D eigenvalue weighted by molar-refractivity contribution is -0.126. The van der Waals surface area contributed by atoms with E-state index in [1.807, 2.05) is 25.1 Å².